The number of rotatable bonds is 6. The molecule has 1 aromatic heterocycles. The molecule has 0 saturated carbocycles. The number of anilines is 1. The molecule has 1 aliphatic heterocycles. The Bertz CT molecular complexity index is 1580. The number of carbonyl (C=O) groups excluding carboxylic acids is 1. The number of amidine groups is 1. The summed E-state index contributed by atoms with van der Waals surface area (Å²) in [4.78, 5) is 23.2. The summed E-state index contributed by atoms with van der Waals surface area (Å²) in [6, 6.07) is 18.4. The lowest BCUT2D eigenvalue weighted by molar-refractivity contribution is -0.274. The number of carbonyl (C=O) groups is 1. The Kier molecular flexibility index (Phi) is 8.11. The number of hydrogen-bond donors (Lipinski definition) is 1. The fourth-order valence-electron chi connectivity index (χ4n) is 4.33. The molecule has 5 rings (SSSR count). The summed E-state index contributed by atoms with van der Waals surface area (Å²) >= 11 is 1.55. The van der Waals surface area contributed by atoms with E-state index in [2.05, 4.69) is 56.0 Å². The van der Waals surface area contributed by atoms with E-state index in [1.807, 2.05) is 30.3 Å². The van der Waals surface area contributed by atoms with Crippen LogP contribution in [0.2, 0.25) is 0 Å². The number of nitrogens with one attached hydrogen (secondary N) is 1. The van der Waals surface area contributed by atoms with Gasteiger partial charge in [0.05, 0.1) is 5.69 Å². The van der Waals surface area contributed by atoms with Gasteiger partial charge in [-0.3, -0.25) is 0 Å². The third-order valence-corrected chi connectivity index (χ3v) is 7.12. The number of thioether (sulfide) groups is 1. The highest BCUT2D eigenvalue weighted by Crippen LogP contribution is 2.31. The summed E-state index contributed by atoms with van der Waals surface area (Å²) in [5, 5.41) is 7.78. The SMILES string of the molecule is Cc1cccc(C)c1N1CCSC1=NC(=O)N/C=C/c1ccc(-c2ncn(-c3ccc(OC(F)(F)F)cc3)n2)cc1. The zero-order valence-electron chi connectivity index (χ0n) is 22.1. The number of benzene rings is 3. The molecule has 0 bridgehead atoms. The molecule has 0 unspecified atom stereocenters. The van der Waals surface area contributed by atoms with Crippen LogP contribution in [0.3, 0.4) is 0 Å². The van der Waals surface area contributed by atoms with Gasteiger partial charge >= 0.3 is 12.4 Å². The quantitative estimate of drug-likeness (QED) is 0.273. The molecular weight excluding hydrogens is 553 g/mol. The predicted octanol–water partition coefficient (Wildman–Crippen LogP) is 6.74. The maximum absolute atomic E-state index is 12.5. The minimum atomic E-state index is -4.75. The van der Waals surface area contributed by atoms with Gasteiger partial charge in [-0.25, -0.2) is 14.5 Å². The number of halogens is 3. The molecule has 3 aromatic carbocycles. The van der Waals surface area contributed by atoms with Crippen molar-refractivity contribution in [3.8, 4) is 22.8 Å². The summed E-state index contributed by atoms with van der Waals surface area (Å²) in [6.07, 6.45) is 0.0257. The normalized spacial score (nSPS) is 14.7. The summed E-state index contributed by atoms with van der Waals surface area (Å²) < 4.78 is 42.5. The van der Waals surface area contributed by atoms with Crippen LogP contribution in [-0.2, 0) is 0 Å². The van der Waals surface area contributed by atoms with E-state index in [0.29, 0.717) is 16.7 Å². The molecule has 0 aliphatic carbocycles. The van der Waals surface area contributed by atoms with Crippen molar-refractivity contribution in [2.45, 2.75) is 20.2 Å². The van der Waals surface area contributed by atoms with Crippen molar-refractivity contribution in [2.75, 3.05) is 17.2 Å². The van der Waals surface area contributed by atoms with Gasteiger partial charge in [0.2, 0.25) is 0 Å². The summed E-state index contributed by atoms with van der Waals surface area (Å²) in [5.41, 5.74) is 5.49. The maximum atomic E-state index is 12.5. The number of hydrogen-bond acceptors (Lipinski definition) is 5. The Morgan fingerprint density at radius 2 is 1.76 bits per heavy atom. The van der Waals surface area contributed by atoms with Crippen LogP contribution in [0.25, 0.3) is 23.2 Å². The number of para-hydroxylation sites is 1. The van der Waals surface area contributed by atoms with Crippen molar-refractivity contribution in [3.63, 3.8) is 0 Å². The third kappa shape index (κ3) is 6.95. The van der Waals surface area contributed by atoms with Crippen LogP contribution < -0.4 is 15.0 Å². The zero-order chi connectivity index (χ0) is 29.0. The molecule has 210 valence electrons. The molecule has 4 aromatic rings. The molecule has 8 nitrogen and oxygen atoms in total. The number of aromatic nitrogens is 3. The van der Waals surface area contributed by atoms with Gasteiger partial charge in [0.25, 0.3) is 0 Å². The monoisotopic (exact) mass is 578 g/mol. The molecule has 0 radical (unpaired) electrons. The van der Waals surface area contributed by atoms with Crippen molar-refractivity contribution in [1.29, 1.82) is 0 Å². The molecule has 1 N–H and O–H groups in total. The van der Waals surface area contributed by atoms with Crippen molar-refractivity contribution in [3.05, 3.63) is 95.9 Å². The molecule has 2 amide bonds. The maximum Gasteiger partial charge on any atom is 0.573 e. The second kappa shape index (κ2) is 11.9. The first-order valence-electron chi connectivity index (χ1n) is 12.6. The molecule has 2 heterocycles. The summed E-state index contributed by atoms with van der Waals surface area (Å²) in [6.45, 7) is 4.90. The Balaban J connectivity index is 1.19. The number of nitrogens with zero attached hydrogens (tertiary/aromatic N) is 5. The van der Waals surface area contributed by atoms with Crippen LogP contribution in [0.4, 0.5) is 23.7 Å². The standard InChI is InChI=1S/C29H25F3N6O2S/c1-19-4-3-5-20(2)25(19)37-16-17-41-28(37)35-27(39)33-15-14-21-6-8-22(9-7-21)26-34-18-38(36-26)23-10-12-24(13-11-23)40-29(30,31)32/h3-15,18H,16-17H2,1-2H3,(H,33,39)/b15-14+,35-28?. The Hall–Kier alpha value is -4.58. The first-order valence-corrected chi connectivity index (χ1v) is 13.6. The van der Waals surface area contributed by atoms with Crippen LogP contribution in [-0.4, -0.2) is 44.6 Å². The topological polar surface area (TPSA) is 84.6 Å². The van der Waals surface area contributed by atoms with E-state index in [1.165, 1.54) is 35.3 Å². The predicted molar refractivity (Wildman–Crippen MR) is 154 cm³/mol. The van der Waals surface area contributed by atoms with E-state index in [-0.39, 0.29) is 5.75 Å². The lowest BCUT2D eigenvalue weighted by Crippen LogP contribution is -2.27. The summed E-state index contributed by atoms with van der Waals surface area (Å²) in [7, 11) is 0. The second-order valence-electron chi connectivity index (χ2n) is 9.09. The van der Waals surface area contributed by atoms with Crippen LogP contribution >= 0.6 is 11.8 Å². The molecule has 1 saturated heterocycles. The highest BCUT2D eigenvalue weighted by molar-refractivity contribution is 8.14. The number of alkyl halides is 3. The summed E-state index contributed by atoms with van der Waals surface area (Å²) in [5.74, 6) is 0.992. The molecule has 1 fully saturated rings. The van der Waals surface area contributed by atoms with Crippen molar-refractivity contribution >= 4 is 34.7 Å². The van der Waals surface area contributed by atoms with E-state index < -0.39 is 12.4 Å². The molecular formula is C29H25F3N6O2S. The van der Waals surface area contributed by atoms with Gasteiger partial charge in [-0.2, -0.15) is 4.99 Å². The van der Waals surface area contributed by atoms with Crippen molar-refractivity contribution < 1.29 is 22.7 Å². The van der Waals surface area contributed by atoms with Gasteiger partial charge in [0, 0.05) is 29.7 Å². The van der Waals surface area contributed by atoms with Gasteiger partial charge in [-0.1, -0.05) is 54.2 Å². The molecule has 1 aliphatic rings. The number of ether oxygens (including phenoxy) is 1. The molecule has 0 atom stereocenters. The smallest absolute Gasteiger partial charge is 0.406 e. The fourth-order valence-corrected chi connectivity index (χ4v) is 5.27. The van der Waals surface area contributed by atoms with E-state index in [0.717, 1.165) is 40.2 Å². The van der Waals surface area contributed by atoms with Crippen LogP contribution in [0.5, 0.6) is 5.75 Å². The first kappa shape index (κ1) is 28.0. The third-order valence-electron chi connectivity index (χ3n) is 6.16. The van der Waals surface area contributed by atoms with Crippen LogP contribution in [0.1, 0.15) is 16.7 Å². The van der Waals surface area contributed by atoms with E-state index >= 15 is 0 Å². The van der Waals surface area contributed by atoms with E-state index in [9.17, 15) is 18.0 Å². The van der Waals surface area contributed by atoms with Gasteiger partial charge in [0.1, 0.15) is 12.1 Å². The van der Waals surface area contributed by atoms with E-state index in [1.54, 1.807) is 24.0 Å². The fraction of sp³-hybridized carbons (Fsp3) is 0.172. The van der Waals surface area contributed by atoms with Gasteiger partial charge in [-0.15, -0.1) is 18.3 Å². The lowest BCUT2D eigenvalue weighted by Gasteiger charge is -2.22. The Morgan fingerprint density at radius 3 is 2.44 bits per heavy atom. The van der Waals surface area contributed by atoms with Gasteiger partial charge in [-0.05, 0) is 60.9 Å². The van der Waals surface area contributed by atoms with Crippen LogP contribution in [0.15, 0.2) is 84.2 Å². The van der Waals surface area contributed by atoms with Crippen molar-refractivity contribution in [2.24, 2.45) is 4.99 Å². The Labute approximate surface area is 238 Å². The molecule has 0 spiro atoms. The zero-order valence-corrected chi connectivity index (χ0v) is 22.9. The van der Waals surface area contributed by atoms with Crippen LogP contribution in [0, 0.1) is 13.8 Å². The second-order valence-corrected chi connectivity index (χ2v) is 10.2. The highest BCUT2D eigenvalue weighted by Gasteiger charge is 2.31. The lowest BCUT2D eigenvalue weighted by atomic mass is 10.1. The van der Waals surface area contributed by atoms with E-state index in [4.69, 9.17) is 0 Å². The number of amides is 2. The molecule has 12 heteroatoms. The average Bonchev–Trinajstić information content (AvgIpc) is 3.59. The number of aryl methyl sites for hydroxylation is 2. The largest absolute Gasteiger partial charge is 0.573 e. The van der Waals surface area contributed by atoms with Crippen molar-refractivity contribution in [1.82, 2.24) is 20.1 Å². The number of aliphatic imine (C=N–C) groups is 1. The first-order chi connectivity index (χ1) is 19.7. The minimum Gasteiger partial charge on any atom is -0.406 e. The Morgan fingerprint density at radius 1 is 1.05 bits per heavy atom. The van der Waals surface area contributed by atoms with Gasteiger partial charge < -0.3 is 15.0 Å². The average molecular weight is 579 g/mol. The highest BCUT2D eigenvalue weighted by atomic mass is 32.2. The molecule has 41 heavy (non-hydrogen) atoms. The minimum absolute atomic E-state index is 0.314. The number of urea groups is 1. The van der Waals surface area contributed by atoms with Gasteiger partial charge in [0.15, 0.2) is 11.0 Å².